The molecule has 12 heteroatoms. The van der Waals surface area contributed by atoms with Gasteiger partial charge in [-0.15, -0.1) is 22.8 Å². The van der Waals surface area contributed by atoms with Crippen molar-refractivity contribution >= 4 is 39.6 Å². The number of thiol groups is 1. The summed E-state index contributed by atoms with van der Waals surface area (Å²) in [4.78, 5) is 7.15. The molecule has 2 heterocycles. The first-order valence-corrected chi connectivity index (χ1v) is 9.23. The number of hydrogen-bond donors (Lipinski definition) is 5. The maximum Gasteiger partial charge on any atom is 0.239 e. The van der Waals surface area contributed by atoms with E-state index in [9.17, 15) is 8.42 Å². The molecule has 26 heavy (non-hydrogen) atoms. The van der Waals surface area contributed by atoms with Crippen molar-refractivity contribution < 1.29 is 8.42 Å². The molecule has 0 unspecified atom stereocenters. The van der Waals surface area contributed by atoms with Gasteiger partial charge in [-0.2, -0.15) is 5.21 Å². The van der Waals surface area contributed by atoms with Crippen LogP contribution in [0.15, 0.2) is 40.1 Å². The number of anilines is 1. The fourth-order valence-corrected chi connectivity index (χ4v) is 4.26. The number of aromatic nitrogens is 6. The van der Waals surface area contributed by atoms with Crippen molar-refractivity contribution in [1.82, 2.24) is 30.6 Å². The number of imidazole rings is 1. The van der Waals surface area contributed by atoms with Gasteiger partial charge in [-0.1, -0.05) is 18.2 Å². The summed E-state index contributed by atoms with van der Waals surface area (Å²) in [6, 6.07) is 8.61. The molecule has 6 N–H and O–H groups in total. The number of nitrogens with one attached hydrogen (secondary N) is 2. The number of H-pyrrole nitrogens is 2. The molecule has 0 aliphatic rings. The van der Waals surface area contributed by atoms with E-state index in [0.717, 1.165) is 0 Å². The van der Waals surface area contributed by atoms with E-state index in [2.05, 4.69) is 43.2 Å². The van der Waals surface area contributed by atoms with Crippen LogP contribution in [0.1, 0.15) is 0 Å². The third-order valence-electron chi connectivity index (χ3n) is 3.82. The maximum absolute atomic E-state index is 12.2. The number of nitrogens with two attached hydrogens (primary N) is 2. The molecule has 4 rings (SSSR count). The molecule has 0 radical (unpaired) electrons. The zero-order valence-corrected chi connectivity index (χ0v) is 14.7. The summed E-state index contributed by atoms with van der Waals surface area (Å²) in [6.45, 7) is 0. The van der Waals surface area contributed by atoms with E-state index in [1.807, 2.05) is 0 Å². The van der Waals surface area contributed by atoms with Crippen LogP contribution in [0.25, 0.3) is 33.5 Å². The number of rotatable bonds is 3. The summed E-state index contributed by atoms with van der Waals surface area (Å²) in [7, 11) is -4.12. The molecule has 2 aromatic heterocycles. The Bertz CT molecular complexity index is 1230. The quantitative estimate of drug-likeness (QED) is 0.325. The largest absolute Gasteiger partial charge is 0.369 e. The van der Waals surface area contributed by atoms with Crippen LogP contribution in [0.5, 0.6) is 0 Å². The van der Waals surface area contributed by atoms with Crippen LogP contribution in [-0.2, 0) is 10.0 Å². The lowest BCUT2D eigenvalue weighted by Gasteiger charge is -2.14. The highest BCUT2D eigenvalue weighted by Crippen LogP contribution is 2.40. The number of nitrogen functional groups attached to an aromatic ring is 1. The van der Waals surface area contributed by atoms with Gasteiger partial charge >= 0.3 is 0 Å². The Hall–Kier alpha value is -2.96. The van der Waals surface area contributed by atoms with E-state index in [1.165, 1.54) is 0 Å². The van der Waals surface area contributed by atoms with Gasteiger partial charge in [0.25, 0.3) is 0 Å². The van der Waals surface area contributed by atoms with Crippen molar-refractivity contribution in [3.63, 3.8) is 0 Å². The highest BCUT2D eigenvalue weighted by molar-refractivity contribution is 7.90. The van der Waals surface area contributed by atoms with Gasteiger partial charge in [0.2, 0.25) is 15.8 Å². The Balaban J connectivity index is 2.16. The van der Waals surface area contributed by atoms with E-state index >= 15 is 0 Å². The minimum Gasteiger partial charge on any atom is -0.369 e. The molecule has 0 spiro atoms. The second-order valence-electron chi connectivity index (χ2n) is 5.44. The van der Waals surface area contributed by atoms with E-state index in [4.69, 9.17) is 10.9 Å². The fraction of sp³-hybridized carbons (Fsp3) is 0. The molecule has 0 aliphatic carbocycles. The Kier molecular flexibility index (Phi) is 3.68. The van der Waals surface area contributed by atoms with E-state index in [1.54, 1.807) is 30.3 Å². The normalized spacial score (nSPS) is 11.9. The molecule has 0 fully saturated rings. The third kappa shape index (κ3) is 2.60. The van der Waals surface area contributed by atoms with Crippen molar-refractivity contribution in [3.05, 3.63) is 30.3 Å². The fourth-order valence-electron chi connectivity index (χ4n) is 2.85. The second-order valence-corrected chi connectivity index (χ2v) is 7.42. The van der Waals surface area contributed by atoms with Gasteiger partial charge in [-0.25, -0.2) is 18.5 Å². The summed E-state index contributed by atoms with van der Waals surface area (Å²) in [5.74, 6) is 0.315. The van der Waals surface area contributed by atoms with Gasteiger partial charge in [0, 0.05) is 10.5 Å². The van der Waals surface area contributed by atoms with E-state index < -0.39 is 10.0 Å². The first-order chi connectivity index (χ1) is 12.4. The Morgan fingerprint density at radius 3 is 2.62 bits per heavy atom. The number of benzene rings is 2. The molecule has 2 aromatic carbocycles. The van der Waals surface area contributed by atoms with Crippen molar-refractivity contribution in [2.75, 3.05) is 5.73 Å². The standard InChI is InChI=1S/C14H12N8O2S2/c15-14-17-8-3-1-2-7(11(8)18-14)6-4-5-9(25)12(26(16,23)24)10(6)13-19-21-22-20-13/h1-5,25H,(H3,15,17,18)(H2,16,23,24)(H,19,20,21,22). The molecule has 4 aromatic rings. The number of sulfonamides is 1. The number of primary sulfonamides is 1. The number of hydrogen-bond acceptors (Lipinski definition) is 8. The van der Waals surface area contributed by atoms with Gasteiger partial charge in [0.1, 0.15) is 4.90 Å². The lowest BCUT2D eigenvalue weighted by atomic mass is 9.98. The Morgan fingerprint density at radius 2 is 1.92 bits per heavy atom. The van der Waals surface area contributed by atoms with Crippen LogP contribution >= 0.6 is 12.6 Å². The van der Waals surface area contributed by atoms with Gasteiger partial charge < -0.3 is 10.7 Å². The van der Waals surface area contributed by atoms with Gasteiger partial charge in [0.15, 0.2) is 5.95 Å². The predicted octanol–water partition coefficient (Wildman–Crippen LogP) is 0.928. The molecule has 132 valence electrons. The second kappa shape index (κ2) is 5.79. The van der Waals surface area contributed by atoms with Crippen LogP contribution in [0.2, 0.25) is 0 Å². The number of fused-ring (bicyclic) bond motifs is 1. The SMILES string of the molecule is Nc1nc2cccc(-c3ccc(S)c(S(N)(=O)=O)c3-c3nn[nH]n3)c2[nH]1. The number of tetrazole rings is 1. The third-order valence-corrected chi connectivity index (χ3v) is 5.33. The topological polar surface area (TPSA) is 169 Å². The summed E-state index contributed by atoms with van der Waals surface area (Å²) < 4.78 is 24.4. The zero-order chi connectivity index (χ0) is 18.5. The van der Waals surface area contributed by atoms with Gasteiger partial charge in [-0.05, 0) is 22.9 Å². The number of para-hydroxylation sites is 1. The highest BCUT2D eigenvalue weighted by Gasteiger charge is 2.26. The first-order valence-electron chi connectivity index (χ1n) is 7.23. The van der Waals surface area contributed by atoms with Crippen LogP contribution in [-0.4, -0.2) is 39.0 Å². The number of nitrogens with zero attached hydrogens (tertiary/aromatic N) is 4. The summed E-state index contributed by atoms with van der Waals surface area (Å²) in [5, 5.41) is 19.1. The first kappa shape index (κ1) is 16.5. The molecule has 0 atom stereocenters. The molecule has 10 nitrogen and oxygen atoms in total. The van der Waals surface area contributed by atoms with E-state index in [-0.39, 0.29) is 27.1 Å². The lowest BCUT2D eigenvalue weighted by Crippen LogP contribution is -2.15. The number of aromatic amines is 2. The molecular weight excluding hydrogens is 376 g/mol. The smallest absolute Gasteiger partial charge is 0.239 e. The average molecular weight is 388 g/mol. The molecule has 0 amide bonds. The summed E-state index contributed by atoms with van der Waals surface area (Å²) in [5.41, 5.74) is 8.39. The van der Waals surface area contributed by atoms with Crippen LogP contribution in [0.4, 0.5) is 5.95 Å². The van der Waals surface area contributed by atoms with E-state index in [0.29, 0.717) is 22.2 Å². The molecule has 0 aliphatic heterocycles. The van der Waals surface area contributed by atoms with Crippen molar-refractivity contribution in [1.29, 1.82) is 0 Å². The predicted molar refractivity (Wildman–Crippen MR) is 97.7 cm³/mol. The minimum absolute atomic E-state index is 0.0735. The molecule has 0 bridgehead atoms. The Labute approximate surface area is 152 Å². The summed E-state index contributed by atoms with van der Waals surface area (Å²) >= 11 is 4.24. The van der Waals surface area contributed by atoms with Crippen LogP contribution < -0.4 is 10.9 Å². The zero-order valence-electron chi connectivity index (χ0n) is 13.0. The van der Waals surface area contributed by atoms with Crippen LogP contribution in [0.3, 0.4) is 0 Å². The van der Waals surface area contributed by atoms with Gasteiger partial charge in [-0.3, -0.25) is 0 Å². The molecular formula is C14H12N8O2S2. The van der Waals surface area contributed by atoms with Crippen LogP contribution in [0, 0.1) is 0 Å². The monoisotopic (exact) mass is 388 g/mol. The summed E-state index contributed by atoms with van der Waals surface area (Å²) in [6.07, 6.45) is 0. The molecule has 0 saturated carbocycles. The van der Waals surface area contributed by atoms with Crippen molar-refractivity contribution in [2.45, 2.75) is 9.79 Å². The van der Waals surface area contributed by atoms with Crippen molar-refractivity contribution in [3.8, 4) is 22.5 Å². The maximum atomic E-state index is 12.2. The van der Waals surface area contributed by atoms with Crippen molar-refractivity contribution in [2.24, 2.45) is 5.14 Å². The highest BCUT2D eigenvalue weighted by atomic mass is 32.2. The average Bonchev–Trinajstić information content (AvgIpc) is 3.21. The lowest BCUT2D eigenvalue weighted by molar-refractivity contribution is 0.596. The van der Waals surface area contributed by atoms with Gasteiger partial charge in [0.05, 0.1) is 16.6 Å². The molecule has 0 saturated heterocycles. The Morgan fingerprint density at radius 1 is 1.12 bits per heavy atom. The minimum atomic E-state index is -4.12.